The summed E-state index contributed by atoms with van der Waals surface area (Å²) in [6.45, 7) is 6.25. The second-order valence-electron chi connectivity index (χ2n) is 10.8. The fourth-order valence-electron chi connectivity index (χ4n) is 4.64. The van der Waals surface area contributed by atoms with Crippen molar-refractivity contribution >= 4 is 11.4 Å². The van der Waals surface area contributed by atoms with Gasteiger partial charge in [0, 0.05) is 39.3 Å². The van der Waals surface area contributed by atoms with Crippen LogP contribution in [-0.2, 0) is 11.2 Å². The number of nitrogens with one attached hydrogen (secondary N) is 2. The summed E-state index contributed by atoms with van der Waals surface area (Å²) in [5.74, 6) is 2.68. The van der Waals surface area contributed by atoms with Crippen LogP contribution in [0.1, 0.15) is 51.5 Å². The molecular weight excluding hydrogens is 486 g/mol. The zero-order valence-corrected chi connectivity index (χ0v) is 23.3. The number of aliphatic hydroxyl groups excluding tert-OH is 1. The minimum atomic E-state index is -0.865. The van der Waals surface area contributed by atoms with Gasteiger partial charge in [0.2, 0.25) is 0 Å². The molecule has 2 aromatic carbocycles. The van der Waals surface area contributed by atoms with Gasteiger partial charge in [-0.15, -0.1) is 0 Å². The second-order valence-corrected chi connectivity index (χ2v) is 10.8. The first kappa shape index (κ1) is 29.9. The summed E-state index contributed by atoms with van der Waals surface area (Å²) in [6, 6.07) is 5.46. The predicted octanol–water partition coefficient (Wildman–Crippen LogP) is 2.92. The van der Waals surface area contributed by atoms with Gasteiger partial charge < -0.3 is 35.7 Å². The maximum Gasteiger partial charge on any atom is 0.253 e. The van der Waals surface area contributed by atoms with Crippen molar-refractivity contribution in [2.75, 3.05) is 51.2 Å². The number of hydrogen-bond acceptors (Lipinski definition) is 9. The molecule has 5 N–H and O–H groups in total. The van der Waals surface area contributed by atoms with Gasteiger partial charge in [-0.1, -0.05) is 32.8 Å². The van der Waals surface area contributed by atoms with Crippen LogP contribution >= 0.6 is 0 Å². The van der Waals surface area contributed by atoms with Gasteiger partial charge in [-0.05, 0) is 54.7 Å². The van der Waals surface area contributed by atoms with Crippen LogP contribution in [0.3, 0.4) is 0 Å². The summed E-state index contributed by atoms with van der Waals surface area (Å²) in [7, 11) is 3.29. The lowest BCUT2D eigenvalue weighted by Crippen LogP contribution is -2.44. The Morgan fingerprint density at radius 1 is 1.05 bits per heavy atom. The van der Waals surface area contributed by atoms with Crippen LogP contribution in [-0.4, -0.2) is 57.8 Å². The first-order valence-electron chi connectivity index (χ1n) is 13.8. The van der Waals surface area contributed by atoms with Gasteiger partial charge >= 0.3 is 0 Å². The first-order valence-corrected chi connectivity index (χ1v) is 13.8. The molecule has 3 atom stereocenters. The number of benzene rings is 1. The molecule has 0 radical (unpaired) electrons. The Hall–Kier alpha value is -2.62. The maximum atomic E-state index is 12.1. The zero-order valence-electron chi connectivity index (χ0n) is 23.3. The lowest BCUT2D eigenvalue weighted by atomic mass is 9.83. The molecule has 3 rings (SSSR count). The molecule has 212 valence electrons. The zero-order chi connectivity index (χ0) is 27.7. The molecule has 0 amide bonds. The van der Waals surface area contributed by atoms with Crippen LogP contribution in [0.25, 0.3) is 0 Å². The number of nitrogens with two attached hydrogens (primary N) is 1. The minimum Gasteiger partial charge on any atom is -0.493 e. The molecule has 0 unspecified atom stereocenters. The molecule has 1 saturated carbocycles. The molecule has 38 heavy (non-hydrogen) atoms. The summed E-state index contributed by atoms with van der Waals surface area (Å²) in [6.07, 6.45) is 4.78. The highest BCUT2D eigenvalue weighted by Crippen LogP contribution is 2.33. The highest BCUT2D eigenvalue weighted by molar-refractivity contribution is 5.73. The second kappa shape index (κ2) is 14.5. The summed E-state index contributed by atoms with van der Waals surface area (Å²) >= 11 is 0. The summed E-state index contributed by atoms with van der Waals surface area (Å²) in [4.78, 5) is 24.0. The van der Waals surface area contributed by atoms with Crippen molar-refractivity contribution in [3.63, 3.8) is 0 Å². The lowest BCUT2D eigenvalue weighted by molar-refractivity contribution is 0.137. The average Bonchev–Trinajstić information content (AvgIpc) is 3.73. The van der Waals surface area contributed by atoms with E-state index in [1.807, 2.05) is 18.2 Å². The van der Waals surface area contributed by atoms with E-state index >= 15 is 0 Å². The van der Waals surface area contributed by atoms with E-state index in [-0.39, 0.29) is 18.2 Å². The van der Waals surface area contributed by atoms with Crippen molar-refractivity contribution in [3.8, 4) is 11.5 Å². The normalized spacial score (nSPS) is 15.9. The van der Waals surface area contributed by atoms with Crippen molar-refractivity contribution in [2.45, 2.75) is 64.5 Å². The van der Waals surface area contributed by atoms with E-state index in [4.69, 9.17) is 19.9 Å². The number of ether oxygens (including phenoxy) is 3. The molecule has 0 spiro atoms. The Balaban J connectivity index is 1.54. The summed E-state index contributed by atoms with van der Waals surface area (Å²) in [5, 5.41) is 16.8. The molecule has 1 fully saturated rings. The van der Waals surface area contributed by atoms with E-state index in [0.29, 0.717) is 49.3 Å². The molecule has 1 aliphatic rings. The standard InChI is InChI=1S/C29H45N3O6/c1-18(2)21(14-20-8-9-24(37-4)25(15-20)38-13-5-12-36-3)16-22(30)23(33)17-32-27-26(28(34)29(27)35)31-11-10-19-6-7-19/h8-9,15,18-19,21-23,31-33H,5-7,10-14,16-17,30H2,1-4H3/t21-,22-,23-/m0/s1. The van der Waals surface area contributed by atoms with Gasteiger partial charge in [0.25, 0.3) is 10.9 Å². The highest BCUT2D eigenvalue weighted by Gasteiger charge is 2.26. The topological polar surface area (TPSA) is 132 Å². The van der Waals surface area contributed by atoms with E-state index in [0.717, 1.165) is 30.7 Å². The van der Waals surface area contributed by atoms with E-state index in [9.17, 15) is 14.7 Å². The molecule has 0 heterocycles. The monoisotopic (exact) mass is 531 g/mol. The number of hydrogen-bond donors (Lipinski definition) is 4. The van der Waals surface area contributed by atoms with E-state index in [2.05, 4.69) is 24.5 Å². The van der Waals surface area contributed by atoms with Crippen molar-refractivity contribution in [2.24, 2.45) is 23.5 Å². The van der Waals surface area contributed by atoms with E-state index in [1.54, 1.807) is 14.2 Å². The smallest absolute Gasteiger partial charge is 0.253 e. The van der Waals surface area contributed by atoms with Crippen LogP contribution in [0.4, 0.5) is 11.4 Å². The largest absolute Gasteiger partial charge is 0.493 e. The summed E-state index contributed by atoms with van der Waals surface area (Å²) < 4.78 is 16.5. The third-order valence-electron chi connectivity index (χ3n) is 7.44. The van der Waals surface area contributed by atoms with Crippen LogP contribution in [0.5, 0.6) is 11.5 Å². The number of anilines is 2. The molecule has 9 nitrogen and oxygen atoms in total. The Morgan fingerprint density at radius 3 is 2.39 bits per heavy atom. The van der Waals surface area contributed by atoms with Crippen molar-refractivity contribution in [3.05, 3.63) is 44.2 Å². The molecule has 1 aliphatic carbocycles. The molecule has 0 saturated heterocycles. The maximum absolute atomic E-state index is 12.1. The first-order chi connectivity index (χ1) is 18.2. The van der Waals surface area contributed by atoms with Gasteiger partial charge in [-0.3, -0.25) is 9.59 Å². The molecule has 0 aromatic heterocycles. The van der Waals surface area contributed by atoms with Crippen molar-refractivity contribution in [1.82, 2.24) is 0 Å². The highest BCUT2D eigenvalue weighted by atomic mass is 16.5. The molecule has 0 aliphatic heterocycles. The van der Waals surface area contributed by atoms with Crippen molar-refractivity contribution < 1.29 is 19.3 Å². The van der Waals surface area contributed by atoms with Crippen molar-refractivity contribution in [1.29, 1.82) is 0 Å². The van der Waals surface area contributed by atoms with Crippen LogP contribution in [0, 0.1) is 17.8 Å². The Morgan fingerprint density at radius 2 is 1.76 bits per heavy atom. The molecular formula is C29H45N3O6. The predicted molar refractivity (Wildman–Crippen MR) is 151 cm³/mol. The molecule has 2 aromatic rings. The van der Waals surface area contributed by atoms with Crippen LogP contribution in [0.2, 0.25) is 0 Å². The van der Waals surface area contributed by atoms with Gasteiger partial charge in [-0.25, -0.2) is 0 Å². The number of rotatable bonds is 19. The third-order valence-corrected chi connectivity index (χ3v) is 7.44. The fraction of sp³-hybridized carbons (Fsp3) is 0.655. The van der Waals surface area contributed by atoms with E-state index < -0.39 is 23.0 Å². The minimum absolute atomic E-state index is 0.107. The third kappa shape index (κ3) is 8.44. The van der Waals surface area contributed by atoms with Gasteiger partial charge in [0.1, 0.15) is 11.4 Å². The van der Waals surface area contributed by atoms with Gasteiger partial charge in [0.15, 0.2) is 11.5 Å². The Labute approximate surface area is 225 Å². The Kier molecular flexibility index (Phi) is 11.4. The number of aliphatic hydroxyl groups is 1. The van der Waals surface area contributed by atoms with Crippen LogP contribution in [0.15, 0.2) is 27.8 Å². The van der Waals surface area contributed by atoms with Gasteiger partial charge in [0.05, 0.1) is 19.8 Å². The fourth-order valence-corrected chi connectivity index (χ4v) is 4.64. The lowest BCUT2D eigenvalue weighted by Gasteiger charge is -2.28. The molecule has 0 bridgehead atoms. The number of methoxy groups -OCH3 is 2. The quantitative estimate of drug-likeness (QED) is 0.160. The van der Waals surface area contributed by atoms with Crippen LogP contribution < -0.4 is 36.7 Å². The van der Waals surface area contributed by atoms with Gasteiger partial charge in [-0.2, -0.15) is 0 Å². The average molecular weight is 532 g/mol. The summed E-state index contributed by atoms with van der Waals surface area (Å²) in [5.41, 5.74) is 7.07. The van der Waals surface area contributed by atoms with E-state index in [1.165, 1.54) is 12.8 Å². The SMILES string of the molecule is COCCCOc1cc(C[C@@H](C[C@H](N)[C@@H](O)CNc2c(NCCC3CC3)c(=O)c2=O)C(C)C)ccc1OC. The molecule has 9 heteroatoms. The Bertz CT molecular complexity index is 1080.